The Morgan fingerprint density at radius 2 is 1.63 bits per heavy atom. The van der Waals surface area contributed by atoms with Crippen LogP contribution < -0.4 is 11.1 Å². The second kappa shape index (κ2) is 7.99. The second-order valence-corrected chi connectivity index (χ2v) is 6.53. The zero-order valence-corrected chi connectivity index (χ0v) is 14.7. The third-order valence-electron chi connectivity index (χ3n) is 4.61. The summed E-state index contributed by atoms with van der Waals surface area (Å²) in [4.78, 5) is 37.8. The van der Waals surface area contributed by atoms with Crippen molar-refractivity contribution in [3.8, 4) is 0 Å². The van der Waals surface area contributed by atoms with Crippen molar-refractivity contribution >= 4 is 23.4 Å². The summed E-state index contributed by atoms with van der Waals surface area (Å²) in [6, 6.07) is 11.7. The first-order valence-electron chi connectivity index (χ1n) is 8.69. The van der Waals surface area contributed by atoms with Crippen molar-refractivity contribution in [1.29, 1.82) is 0 Å². The quantitative estimate of drug-likeness (QED) is 0.867. The molecule has 140 valence electrons. The van der Waals surface area contributed by atoms with Crippen LogP contribution >= 0.6 is 0 Å². The van der Waals surface area contributed by atoms with Crippen LogP contribution in [0.5, 0.6) is 0 Å². The van der Waals surface area contributed by atoms with Crippen molar-refractivity contribution in [3.05, 3.63) is 65.5 Å². The van der Waals surface area contributed by atoms with Gasteiger partial charge >= 0.3 is 0 Å². The van der Waals surface area contributed by atoms with Gasteiger partial charge in [-0.3, -0.25) is 14.4 Å². The fourth-order valence-electron chi connectivity index (χ4n) is 3.11. The molecular formula is C20H20FN3O3. The first-order chi connectivity index (χ1) is 12.9. The summed E-state index contributed by atoms with van der Waals surface area (Å²) in [5.74, 6) is -1.66. The third kappa shape index (κ3) is 4.49. The largest absolute Gasteiger partial charge is 0.366 e. The van der Waals surface area contributed by atoms with E-state index >= 15 is 0 Å². The molecule has 1 aliphatic rings. The number of likely N-dealkylation sites (tertiary alicyclic amines) is 1. The predicted octanol–water partition coefficient (Wildman–Crippen LogP) is 2.42. The highest BCUT2D eigenvalue weighted by Crippen LogP contribution is 2.21. The number of hydrogen-bond donors (Lipinski definition) is 2. The molecule has 0 saturated carbocycles. The molecule has 1 fully saturated rings. The molecule has 0 aromatic heterocycles. The van der Waals surface area contributed by atoms with E-state index in [4.69, 9.17) is 5.73 Å². The first-order valence-corrected chi connectivity index (χ1v) is 8.69. The zero-order chi connectivity index (χ0) is 19.4. The van der Waals surface area contributed by atoms with Gasteiger partial charge in [0.2, 0.25) is 11.8 Å². The number of amides is 3. The fourth-order valence-corrected chi connectivity index (χ4v) is 3.11. The number of carbonyl (C=O) groups is 3. The number of primary amides is 1. The Labute approximate surface area is 156 Å². The van der Waals surface area contributed by atoms with Crippen molar-refractivity contribution in [2.75, 3.05) is 18.4 Å². The molecule has 3 N–H and O–H groups in total. The molecule has 2 aromatic carbocycles. The van der Waals surface area contributed by atoms with Crippen LogP contribution in [-0.2, 0) is 4.79 Å². The van der Waals surface area contributed by atoms with Gasteiger partial charge in [-0.2, -0.15) is 0 Å². The Balaban J connectivity index is 1.63. The molecule has 0 radical (unpaired) electrons. The Kier molecular flexibility index (Phi) is 5.49. The Morgan fingerprint density at radius 1 is 1.00 bits per heavy atom. The summed E-state index contributed by atoms with van der Waals surface area (Å²) < 4.78 is 13.0. The average molecular weight is 369 g/mol. The number of anilines is 1. The van der Waals surface area contributed by atoms with Gasteiger partial charge in [0.1, 0.15) is 5.82 Å². The Bertz CT molecular complexity index is 850. The summed E-state index contributed by atoms with van der Waals surface area (Å²) in [7, 11) is 0. The van der Waals surface area contributed by atoms with E-state index in [1.54, 1.807) is 29.2 Å². The van der Waals surface area contributed by atoms with Crippen LogP contribution in [-0.4, -0.2) is 35.7 Å². The highest BCUT2D eigenvalue weighted by atomic mass is 19.1. The van der Waals surface area contributed by atoms with Gasteiger partial charge in [-0.25, -0.2) is 4.39 Å². The van der Waals surface area contributed by atoms with Gasteiger partial charge in [-0.05, 0) is 61.4 Å². The van der Waals surface area contributed by atoms with E-state index in [9.17, 15) is 18.8 Å². The molecule has 0 aliphatic carbocycles. The molecule has 27 heavy (non-hydrogen) atoms. The molecule has 0 bridgehead atoms. The van der Waals surface area contributed by atoms with Gasteiger partial charge < -0.3 is 16.0 Å². The van der Waals surface area contributed by atoms with Gasteiger partial charge in [-0.15, -0.1) is 0 Å². The number of piperidine rings is 1. The summed E-state index contributed by atoms with van der Waals surface area (Å²) in [6.45, 7) is 0.870. The number of nitrogens with two attached hydrogens (primary N) is 1. The van der Waals surface area contributed by atoms with E-state index in [2.05, 4.69) is 5.32 Å². The van der Waals surface area contributed by atoms with Crippen LogP contribution in [0, 0.1) is 11.7 Å². The summed E-state index contributed by atoms with van der Waals surface area (Å²) >= 11 is 0. The summed E-state index contributed by atoms with van der Waals surface area (Å²) in [6.07, 6.45) is 1.39. The Hall–Kier alpha value is -3.22. The van der Waals surface area contributed by atoms with Gasteiger partial charge in [0.05, 0.1) is 5.92 Å². The number of nitrogens with one attached hydrogen (secondary N) is 1. The Morgan fingerprint density at radius 3 is 2.26 bits per heavy atom. The molecule has 0 spiro atoms. The molecule has 1 atom stereocenters. The lowest BCUT2D eigenvalue weighted by atomic mass is 9.96. The molecule has 1 heterocycles. The van der Waals surface area contributed by atoms with E-state index in [0.29, 0.717) is 42.7 Å². The SMILES string of the molecule is NC(=O)c1ccc(NC(=O)[C@@H]2CCCN(C(=O)c3ccc(F)cc3)C2)cc1. The molecule has 2 aromatic rings. The molecular weight excluding hydrogens is 349 g/mol. The minimum atomic E-state index is -0.532. The summed E-state index contributed by atoms with van der Waals surface area (Å²) in [5.41, 5.74) is 6.52. The van der Waals surface area contributed by atoms with E-state index in [-0.39, 0.29) is 17.7 Å². The lowest BCUT2D eigenvalue weighted by Crippen LogP contribution is -2.43. The molecule has 6 nitrogen and oxygen atoms in total. The van der Waals surface area contributed by atoms with Gasteiger partial charge in [-0.1, -0.05) is 0 Å². The van der Waals surface area contributed by atoms with Crippen LogP contribution in [0.15, 0.2) is 48.5 Å². The van der Waals surface area contributed by atoms with Gasteiger partial charge in [0.15, 0.2) is 0 Å². The number of hydrogen-bond acceptors (Lipinski definition) is 3. The van der Waals surface area contributed by atoms with E-state index < -0.39 is 11.7 Å². The minimum absolute atomic E-state index is 0.182. The number of benzene rings is 2. The van der Waals surface area contributed by atoms with E-state index in [1.165, 1.54) is 24.3 Å². The maximum atomic E-state index is 13.0. The van der Waals surface area contributed by atoms with Crippen molar-refractivity contribution in [2.45, 2.75) is 12.8 Å². The van der Waals surface area contributed by atoms with Crippen molar-refractivity contribution in [3.63, 3.8) is 0 Å². The van der Waals surface area contributed by atoms with E-state index in [1.807, 2.05) is 0 Å². The van der Waals surface area contributed by atoms with Crippen molar-refractivity contribution in [2.24, 2.45) is 11.7 Å². The van der Waals surface area contributed by atoms with Crippen LogP contribution in [0.2, 0.25) is 0 Å². The maximum absolute atomic E-state index is 13.0. The topological polar surface area (TPSA) is 92.5 Å². The van der Waals surface area contributed by atoms with Crippen LogP contribution in [0.1, 0.15) is 33.6 Å². The first kappa shape index (κ1) is 18.6. The molecule has 1 saturated heterocycles. The van der Waals surface area contributed by atoms with Gasteiger partial charge in [0, 0.05) is 29.9 Å². The third-order valence-corrected chi connectivity index (χ3v) is 4.61. The number of rotatable bonds is 4. The molecule has 3 rings (SSSR count). The monoisotopic (exact) mass is 369 g/mol. The van der Waals surface area contributed by atoms with Crippen molar-refractivity contribution in [1.82, 2.24) is 4.90 Å². The lowest BCUT2D eigenvalue weighted by molar-refractivity contribution is -0.121. The van der Waals surface area contributed by atoms with Gasteiger partial charge in [0.25, 0.3) is 5.91 Å². The maximum Gasteiger partial charge on any atom is 0.253 e. The molecule has 0 unspecified atom stereocenters. The average Bonchev–Trinajstić information content (AvgIpc) is 2.68. The van der Waals surface area contributed by atoms with Crippen LogP contribution in [0.25, 0.3) is 0 Å². The number of halogens is 1. The fraction of sp³-hybridized carbons (Fsp3) is 0.250. The highest BCUT2D eigenvalue weighted by Gasteiger charge is 2.29. The zero-order valence-electron chi connectivity index (χ0n) is 14.7. The minimum Gasteiger partial charge on any atom is -0.366 e. The van der Waals surface area contributed by atoms with Crippen molar-refractivity contribution < 1.29 is 18.8 Å². The van der Waals surface area contributed by atoms with Crippen LogP contribution in [0.4, 0.5) is 10.1 Å². The van der Waals surface area contributed by atoms with E-state index in [0.717, 1.165) is 0 Å². The predicted molar refractivity (Wildman–Crippen MR) is 98.6 cm³/mol. The highest BCUT2D eigenvalue weighted by molar-refractivity contribution is 5.97. The molecule has 7 heteroatoms. The molecule has 3 amide bonds. The lowest BCUT2D eigenvalue weighted by Gasteiger charge is -2.32. The number of nitrogens with zero attached hydrogens (tertiary/aromatic N) is 1. The van der Waals surface area contributed by atoms with Crippen LogP contribution in [0.3, 0.4) is 0 Å². The standard InChI is InChI=1S/C20H20FN3O3/c21-16-7-3-14(4-8-16)20(27)24-11-1-2-15(12-24)19(26)23-17-9-5-13(6-10-17)18(22)25/h3-10,15H,1-2,11-12H2,(H2,22,25)(H,23,26)/t15-/m1/s1. The number of carbonyl (C=O) groups excluding carboxylic acids is 3. The summed E-state index contributed by atoms with van der Waals surface area (Å²) in [5, 5.41) is 2.81. The second-order valence-electron chi connectivity index (χ2n) is 6.53. The smallest absolute Gasteiger partial charge is 0.253 e. The normalized spacial score (nSPS) is 16.6. The molecule has 1 aliphatic heterocycles.